The van der Waals surface area contributed by atoms with Crippen LogP contribution < -0.4 is 33.2 Å². The maximum atomic E-state index is 12.7. The number of aromatic amines is 2. The lowest BCUT2D eigenvalue weighted by Gasteiger charge is -2.15. The average molecular weight is 975 g/mol. The Hall–Kier alpha value is -9.45. The van der Waals surface area contributed by atoms with Crippen LogP contribution in [0.1, 0.15) is 82.4 Å². The molecular formula is C56H50N10O7. The van der Waals surface area contributed by atoms with Gasteiger partial charge in [0, 0.05) is 92.8 Å². The molecule has 17 nitrogen and oxygen atoms in total. The van der Waals surface area contributed by atoms with Crippen LogP contribution >= 0.6 is 0 Å². The van der Waals surface area contributed by atoms with Crippen LogP contribution in [-0.4, -0.2) is 59.2 Å². The summed E-state index contributed by atoms with van der Waals surface area (Å²) in [6.07, 6.45) is 4.48. The van der Waals surface area contributed by atoms with Gasteiger partial charge in [-0.15, -0.1) is 0 Å². The van der Waals surface area contributed by atoms with Crippen LogP contribution in [0.3, 0.4) is 0 Å². The van der Waals surface area contributed by atoms with E-state index in [9.17, 15) is 34.2 Å². The molecule has 17 heteroatoms. The minimum atomic E-state index is -0.453. The summed E-state index contributed by atoms with van der Waals surface area (Å²) in [6, 6.07) is 40.3. The van der Waals surface area contributed by atoms with E-state index >= 15 is 0 Å². The smallest absolute Gasteiger partial charge is 0.252 e. The number of benzene rings is 6. The van der Waals surface area contributed by atoms with Gasteiger partial charge < -0.3 is 62.5 Å². The number of nitrogens with one attached hydrogen (secondary N) is 5. The van der Waals surface area contributed by atoms with Gasteiger partial charge in [-0.2, -0.15) is 0 Å². The number of H-pyrrole nitrogens is 2. The third kappa shape index (κ3) is 9.36. The Labute approximate surface area is 416 Å². The highest BCUT2D eigenvalue weighted by Crippen LogP contribution is 2.40. The van der Waals surface area contributed by atoms with Crippen molar-refractivity contribution in [2.45, 2.75) is 44.8 Å². The summed E-state index contributed by atoms with van der Waals surface area (Å²) in [7, 11) is 0. The number of aromatic hydroxyl groups is 2. The minimum Gasteiger partial charge on any atom is -0.508 e. The Bertz CT molecular complexity index is 3810. The lowest BCUT2D eigenvalue weighted by molar-refractivity contribution is -0.119. The number of carbonyl (C=O) groups excluding carboxylic acids is 5. The number of fused-ring (bicyclic) bond motifs is 6. The molecule has 4 amide bonds. The number of phenols is 2. The summed E-state index contributed by atoms with van der Waals surface area (Å²) >= 11 is 0. The lowest BCUT2D eigenvalue weighted by Crippen LogP contribution is -2.22. The standard InChI is InChI=1S/C28H25N5O3.C17H12N2O3.C11H13N3O/c29-25(35)15-33-10-9-17-6-5-16(11-24(17)33)13-30-14-23-26(20-3-1-2-4-22(20)31-23)27-21-12-18(34)7-8-19(21)28(36)32-27;20-8-14-15(11-3-1-2-4-13(11)18-14)16-12-7-9(21)5-6-10(12)17(22)19-16;12-6-8-1-2-9-3-4-14(7-11(13)15)10(9)5-8/h1-12,27,30-31,34H,13-15H2,(H2,29,35)(H,32,36);1-8,16,18,21H,(H,19,22);1-5H,6-7,12H2,(H2,13,15). The number of hydrogen-bond donors (Lipinski definition) is 10. The maximum Gasteiger partial charge on any atom is 0.252 e. The Morgan fingerprint density at radius 3 is 1.66 bits per heavy atom. The molecule has 13 N–H and O–H groups in total. The lowest BCUT2D eigenvalue weighted by atomic mass is 9.95. The number of carbonyl (C=O) groups is 5. The number of aromatic nitrogens is 4. The van der Waals surface area contributed by atoms with Crippen molar-refractivity contribution >= 4 is 73.5 Å². The molecule has 0 fully saturated rings. The van der Waals surface area contributed by atoms with Crippen molar-refractivity contribution in [3.8, 4) is 11.5 Å². The molecule has 2 atom stereocenters. The number of para-hydroxylation sites is 2. The van der Waals surface area contributed by atoms with Crippen molar-refractivity contribution in [1.29, 1.82) is 0 Å². The summed E-state index contributed by atoms with van der Waals surface area (Å²) in [5.74, 6) is -0.852. The van der Waals surface area contributed by atoms with Gasteiger partial charge >= 0.3 is 0 Å². The summed E-state index contributed by atoms with van der Waals surface area (Å²) < 4.78 is 3.68. The normalized spacial score (nSPS) is 14.5. The van der Waals surface area contributed by atoms with Gasteiger partial charge in [-0.3, -0.25) is 24.0 Å². The van der Waals surface area contributed by atoms with Crippen LogP contribution in [0.4, 0.5) is 0 Å². The zero-order valence-electron chi connectivity index (χ0n) is 39.2. The van der Waals surface area contributed by atoms with Crippen LogP contribution in [0.25, 0.3) is 43.6 Å². The van der Waals surface area contributed by atoms with Crippen molar-refractivity contribution in [3.63, 3.8) is 0 Å². The highest BCUT2D eigenvalue weighted by molar-refractivity contribution is 6.03. The molecule has 366 valence electrons. The van der Waals surface area contributed by atoms with Gasteiger partial charge in [0.15, 0.2) is 6.29 Å². The Balaban J connectivity index is 0.000000140. The van der Waals surface area contributed by atoms with Crippen LogP contribution in [0.5, 0.6) is 11.5 Å². The largest absolute Gasteiger partial charge is 0.508 e. The molecule has 0 radical (unpaired) electrons. The molecule has 6 aromatic carbocycles. The first-order chi connectivity index (χ1) is 35.4. The fourth-order valence-corrected chi connectivity index (χ4v) is 9.94. The average Bonchev–Trinajstić information content (AvgIpc) is 4.25. The molecule has 10 aromatic rings. The SMILES string of the molecule is NC(=O)Cn1ccc2ccc(CNCc3[nH]c4ccccc4c3C3NC(=O)c4ccc(O)cc43)cc21.NCc1ccc2ccn(CC(N)=O)c2c1.O=Cc1[nH]c2ccccc2c1C1NC(=O)c2ccc(O)cc21. The van der Waals surface area contributed by atoms with Crippen LogP contribution in [0.2, 0.25) is 0 Å². The molecule has 0 bridgehead atoms. The molecule has 0 saturated carbocycles. The first-order valence-corrected chi connectivity index (χ1v) is 23.4. The van der Waals surface area contributed by atoms with E-state index in [1.165, 1.54) is 12.1 Å². The molecule has 2 aliphatic heterocycles. The zero-order chi connectivity index (χ0) is 50.9. The molecule has 0 spiro atoms. The quantitative estimate of drug-likeness (QED) is 0.0594. The van der Waals surface area contributed by atoms with Gasteiger partial charge in [0.1, 0.15) is 24.6 Å². The predicted octanol–water partition coefficient (Wildman–Crippen LogP) is 6.54. The third-order valence-electron chi connectivity index (χ3n) is 13.2. The molecule has 4 aromatic heterocycles. The second-order valence-corrected chi connectivity index (χ2v) is 17.9. The van der Waals surface area contributed by atoms with Crippen LogP contribution in [-0.2, 0) is 42.3 Å². The van der Waals surface area contributed by atoms with Crippen LogP contribution in [0, 0.1) is 0 Å². The summed E-state index contributed by atoms with van der Waals surface area (Å²) in [5.41, 5.74) is 27.7. The Kier molecular flexibility index (Phi) is 12.8. The van der Waals surface area contributed by atoms with E-state index in [0.29, 0.717) is 42.0 Å². The number of amides is 4. The third-order valence-corrected chi connectivity index (χ3v) is 13.2. The van der Waals surface area contributed by atoms with E-state index in [4.69, 9.17) is 17.2 Å². The highest BCUT2D eigenvalue weighted by Gasteiger charge is 2.35. The second-order valence-electron chi connectivity index (χ2n) is 17.9. The highest BCUT2D eigenvalue weighted by atomic mass is 16.3. The molecule has 73 heavy (non-hydrogen) atoms. The number of rotatable bonds is 12. The number of phenolic OH excluding ortho intramolecular Hbond substituents is 2. The Morgan fingerprint density at radius 2 is 1.11 bits per heavy atom. The molecule has 0 aliphatic carbocycles. The molecule has 12 rings (SSSR count). The number of nitrogens with two attached hydrogens (primary N) is 3. The van der Waals surface area contributed by atoms with Crippen molar-refractivity contribution in [2.24, 2.45) is 17.2 Å². The van der Waals surface area contributed by atoms with Gasteiger partial charge in [-0.05, 0) is 106 Å². The molecule has 2 unspecified atom stereocenters. The van der Waals surface area contributed by atoms with E-state index in [1.807, 2.05) is 106 Å². The van der Waals surface area contributed by atoms with Crippen molar-refractivity contribution < 1.29 is 34.2 Å². The molecule has 2 aliphatic rings. The van der Waals surface area contributed by atoms with Gasteiger partial charge in [0.05, 0.1) is 17.8 Å². The van der Waals surface area contributed by atoms with E-state index in [-0.39, 0.29) is 54.3 Å². The number of aldehydes is 1. The number of hydrogen-bond acceptors (Lipinski definition) is 9. The zero-order valence-corrected chi connectivity index (χ0v) is 39.2. The maximum absolute atomic E-state index is 12.7. The second kappa shape index (κ2) is 19.7. The molecule has 0 saturated heterocycles. The first-order valence-electron chi connectivity index (χ1n) is 23.4. The van der Waals surface area contributed by atoms with Crippen molar-refractivity contribution in [1.82, 2.24) is 35.1 Å². The fourth-order valence-electron chi connectivity index (χ4n) is 9.94. The number of primary amides is 2. The topological polar surface area (TPSA) is 281 Å². The minimum absolute atomic E-state index is 0.0905. The van der Waals surface area contributed by atoms with Gasteiger partial charge in [0.2, 0.25) is 11.8 Å². The molecule has 6 heterocycles. The fraction of sp³-hybridized carbons (Fsp3) is 0.125. The van der Waals surface area contributed by atoms with Gasteiger partial charge in [0.25, 0.3) is 11.8 Å². The van der Waals surface area contributed by atoms with E-state index in [1.54, 1.807) is 24.3 Å². The van der Waals surface area contributed by atoms with Crippen molar-refractivity contribution in [2.75, 3.05) is 0 Å². The summed E-state index contributed by atoms with van der Waals surface area (Å²) in [6.45, 7) is 2.00. The monoisotopic (exact) mass is 974 g/mol. The summed E-state index contributed by atoms with van der Waals surface area (Å²) in [5, 5.41) is 33.4. The molecular weight excluding hydrogens is 925 g/mol. The van der Waals surface area contributed by atoms with Gasteiger partial charge in [-0.1, -0.05) is 60.7 Å². The Morgan fingerprint density at radius 1 is 0.603 bits per heavy atom. The summed E-state index contributed by atoms with van der Waals surface area (Å²) in [4.78, 5) is 65.0. The predicted molar refractivity (Wildman–Crippen MR) is 278 cm³/mol. The van der Waals surface area contributed by atoms with Crippen molar-refractivity contribution in [3.05, 3.63) is 202 Å². The number of nitrogens with zero attached hydrogens (tertiary/aromatic N) is 2. The van der Waals surface area contributed by atoms with Gasteiger partial charge in [-0.25, -0.2) is 0 Å². The van der Waals surface area contributed by atoms with Crippen LogP contribution in [0.15, 0.2) is 146 Å². The van der Waals surface area contributed by atoms with E-state index in [0.717, 1.165) is 83.4 Å². The van der Waals surface area contributed by atoms with E-state index < -0.39 is 6.04 Å². The first kappa shape index (κ1) is 47.2. The van der Waals surface area contributed by atoms with E-state index in [2.05, 4.69) is 38.1 Å².